The van der Waals surface area contributed by atoms with Crippen molar-refractivity contribution in [1.29, 1.82) is 0 Å². The Kier molecular flexibility index (Phi) is 5.19. The van der Waals surface area contributed by atoms with Crippen LogP contribution in [0.3, 0.4) is 0 Å². The van der Waals surface area contributed by atoms with Gasteiger partial charge in [0.1, 0.15) is 17.0 Å². The number of rotatable bonds is 7. The fourth-order valence-corrected chi connectivity index (χ4v) is 8.79. The highest BCUT2D eigenvalue weighted by Crippen LogP contribution is 2.69. The van der Waals surface area contributed by atoms with Crippen molar-refractivity contribution < 1.29 is 18.8 Å². The molecule has 4 unspecified atom stereocenters. The Bertz CT molecular complexity index is 1660. The van der Waals surface area contributed by atoms with E-state index >= 15 is 0 Å². The predicted octanol–water partition coefficient (Wildman–Crippen LogP) is 6.87. The van der Waals surface area contributed by atoms with Crippen LogP contribution in [0.5, 0.6) is 0 Å². The van der Waals surface area contributed by atoms with Crippen LogP contribution in [-0.4, -0.2) is 39.3 Å². The number of piperidine rings is 2. The van der Waals surface area contributed by atoms with E-state index in [2.05, 4.69) is 20.4 Å². The zero-order valence-corrected chi connectivity index (χ0v) is 22.9. The lowest BCUT2D eigenvalue weighted by molar-refractivity contribution is -0.148. The lowest BCUT2D eigenvalue weighted by Gasteiger charge is -2.79. The summed E-state index contributed by atoms with van der Waals surface area (Å²) in [5, 5.41) is 19.4. The third kappa shape index (κ3) is 3.33. The lowest BCUT2D eigenvalue weighted by Crippen LogP contribution is -2.89. The van der Waals surface area contributed by atoms with E-state index in [9.17, 15) is 14.3 Å². The second kappa shape index (κ2) is 8.39. The Morgan fingerprint density at radius 3 is 2.69 bits per heavy atom. The molecule has 3 heterocycles. The summed E-state index contributed by atoms with van der Waals surface area (Å²) in [7, 11) is 0. The maximum atomic E-state index is 14.6. The molecule has 4 fully saturated rings. The number of anilines is 1. The maximum absolute atomic E-state index is 14.6. The summed E-state index contributed by atoms with van der Waals surface area (Å²) >= 11 is 14.4. The lowest BCUT2D eigenvalue weighted by atomic mass is 9.40. The van der Waals surface area contributed by atoms with Crippen LogP contribution in [0.2, 0.25) is 10.0 Å². The minimum Gasteiger partial charge on any atom is -0.478 e. The molecular weight excluding hydrogens is 562 g/mol. The molecule has 0 amide bonds. The predicted molar refractivity (Wildman–Crippen MR) is 147 cm³/mol. The number of nitrogens with zero attached hydrogens (tertiary/aromatic N) is 3. The van der Waals surface area contributed by atoms with E-state index in [0.29, 0.717) is 56.6 Å². The van der Waals surface area contributed by atoms with Gasteiger partial charge in [0, 0.05) is 47.1 Å². The van der Waals surface area contributed by atoms with Crippen LogP contribution in [0, 0.1) is 11.2 Å². The average Bonchev–Trinajstić information content (AvgIpc) is 3.48. The Balaban J connectivity index is 1.04. The van der Waals surface area contributed by atoms with Crippen LogP contribution >= 0.6 is 34.5 Å². The van der Waals surface area contributed by atoms with Gasteiger partial charge >= 0.3 is 5.97 Å². The highest BCUT2D eigenvalue weighted by Gasteiger charge is 2.75. The van der Waals surface area contributed by atoms with Gasteiger partial charge in [-0.2, -0.15) is 0 Å². The third-order valence-corrected chi connectivity index (χ3v) is 10.9. The number of carboxylic acid groups (broad SMARTS) is 1. The van der Waals surface area contributed by atoms with Crippen molar-refractivity contribution in [3.05, 3.63) is 63.1 Å². The van der Waals surface area contributed by atoms with Gasteiger partial charge in [0.2, 0.25) is 0 Å². The van der Waals surface area contributed by atoms with Gasteiger partial charge in [-0.05, 0) is 56.4 Å². The molecule has 0 bridgehead atoms. The molecule has 7 nitrogen and oxygen atoms in total. The number of fused-ring (bicyclic) bond motifs is 1. The molecule has 2 N–H and O–H groups in total. The molecule has 1 aliphatic heterocycles. The molecule has 1 spiro atoms. The van der Waals surface area contributed by atoms with Crippen molar-refractivity contribution in [2.24, 2.45) is 5.41 Å². The largest absolute Gasteiger partial charge is 0.478 e. The zero-order valence-electron chi connectivity index (χ0n) is 20.6. The van der Waals surface area contributed by atoms with E-state index in [1.807, 2.05) is 18.2 Å². The first kappa shape index (κ1) is 24.1. The highest BCUT2D eigenvalue weighted by atomic mass is 35.5. The minimum absolute atomic E-state index is 0.0542. The normalized spacial score (nSPS) is 26.9. The van der Waals surface area contributed by atoms with Gasteiger partial charge in [0.25, 0.3) is 0 Å². The molecule has 0 radical (unpaired) electrons. The molecule has 8 rings (SSSR count). The topological polar surface area (TPSA) is 91.5 Å². The third-order valence-electron chi connectivity index (χ3n) is 9.27. The molecule has 39 heavy (non-hydrogen) atoms. The van der Waals surface area contributed by atoms with E-state index < -0.39 is 11.8 Å². The highest BCUT2D eigenvalue weighted by molar-refractivity contribution is 7.22. The SMILES string of the molecule is O=C(O)c1cc(F)c2nc(N3C4CCC45C(NCc4c(-c6c(Cl)cccc6Cl)noc4C4CC4)CC35)sc2c1. The Morgan fingerprint density at radius 1 is 1.23 bits per heavy atom. The Hall–Kier alpha value is -2.72. The first-order chi connectivity index (χ1) is 18.9. The molecule has 4 aliphatic rings. The van der Waals surface area contributed by atoms with Gasteiger partial charge in [-0.1, -0.05) is 45.8 Å². The molecule has 2 aromatic carbocycles. The summed E-state index contributed by atoms with van der Waals surface area (Å²) in [4.78, 5) is 18.3. The van der Waals surface area contributed by atoms with Crippen LogP contribution in [-0.2, 0) is 6.54 Å². The molecule has 3 saturated carbocycles. The maximum Gasteiger partial charge on any atom is 0.335 e. The zero-order chi connectivity index (χ0) is 26.6. The summed E-state index contributed by atoms with van der Waals surface area (Å²) in [6.07, 6.45) is 5.36. The van der Waals surface area contributed by atoms with E-state index in [0.717, 1.165) is 54.6 Å². The van der Waals surface area contributed by atoms with Gasteiger partial charge in [0.15, 0.2) is 10.9 Å². The van der Waals surface area contributed by atoms with Crippen LogP contribution in [0.4, 0.5) is 9.52 Å². The van der Waals surface area contributed by atoms with E-state index in [1.54, 1.807) is 0 Å². The second-order valence-corrected chi connectivity index (χ2v) is 12.9. The quantitative estimate of drug-likeness (QED) is 0.245. The van der Waals surface area contributed by atoms with Gasteiger partial charge < -0.3 is 19.8 Å². The molecule has 11 heteroatoms. The number of nitrogens with one attached hydrogen (secondary N) is 1. The first-order valence-corrected chi connectivity index (χ1v) is 14.7. The fraction of sp³-hybridized carbons (Fsp3) is 0.393. The van der Waals surface area contributed by atoms with Crippen molar-refractivity contribution in [1.82, 2.24) is 15.5 Å². The number of aromatic carboxylic acids is 1. The van der Waals surface area contributed by atoms with Crippen LogP contribution in [0.15, 0.2) is 34.9 Å². The van der Waals surface area contributed by atoms with Crippen molar-refractivity contribution in [3.63, 3.8) is 0 Å². The number of benzene rings is 2. The molecule has 3 aliphatic carbocycles. The average molecular weight is 585 g/mol. The van der Waals surface area contributed by atoms with Gasteiger partial charge in [-0.25, -0.2) is 14.2 Å². The van der Waals surface area contributed by atoms with Crippen LogP contribution in [0.25, 0.3) is 21.5 Å². The van der Waals surface area contributed by atoms with Gasteiger partial charge in [0.05, 0.1) is 20.3 Å². The van der Waals surface area contributed by atoms with Gasteiger partial charge in [-0.3, -0.25) is 0 Å². The smallest absolute Gasteiger partial charge is 0.335 e. The number of thiazole rings is 1. The van der Waals surface area contributed by atoms with Crippen molar-refractivity contribution in [2.75, 3.05) is 4.90 Å². The van der Waals surface area contributed by atoms with E-state index in [-0.39, 0.29) is 16.5 Å². The van der Waals surface area contributed by atoms with Crippen LogP contribution < -0.4 is 10.2 Å². The summed E-state index contributed by atoms with van der Waals surface area (Å²) in [5.74, 6) is -0.401. The number of carboxylic acids is 1. The molecular formula is C28H23Cl2FN4O3S. The Labute approximate surface area is 236 Å². The number of hydrogen-bond donors (Lipinski definition) is 2. The summed E-state index contributed by atoms with van der Waals surface area (Å²) < 4.78 is 21.0. The van der Waals surface area contributed by atoms with Crippen molar-refractivity contribution >= 4 is 55.9 Å². The molecule has 1 saturated heterocycles. The van der Waals surface area contributed by atoms with Crippen molar-refractivity contribution in [3.8, 4) is 11.3 Å². The number of aromatic nitrogens is 2. The summed E-state index contributed by atoms with van der Waals surface area (Å²) in [5.41, 5.74) is 2.84. The summed E-state index contributed by atoms with van der Waals surface area (Å²) in [6.45, 7) is 0.627. The van der Waals surface area contributed by atoms with Gasteiger partial charge in [-0.15, -0.1) is 0 Å². The molecule has 2 aromatic heterocycles. The number of halogens is 3. The standard InChI is InChI=1S/C28H23Cl2FN4O3S/c29-15-2-1-3-16(30)22(15)23-14(25(38-34-23)12-4-5-12)11-32-19-10-21-28(19)7-6-20(28)35(21)27-33-24-17(31)8-13(26(36)37)9-18(24)39-27/h1-3,8-9,12,19-21,32H,4-7,10-11H2,(H,36,37). The number of hydrogen-bond acceptors (Lipinski definition) is 7. The molecule has 4 atom stereocenters. The minimum atomic E-state index is -1.14. The molecule has 200 valence electrons. The number of carbonyl (C=O) groups is 1. The van der Waals surface area contributed by atoms with E-state index in [4.69, 9.17) is 27.7 Å². The van der Waals surface area contributed by atoms with Crippen molar-refractivity contribution in [2.45, 2.75) is 62.7 Å². The Morgan fingerprint density at radius 2 is 2.03 bits per heavy atom. The monoisotopic (exact) mass is 584 g/mol. The van der Waals surface area contributed by atoms with Crippen LogP contribution in [0.1, 0.15) is 59.7 Å². The molecule has 4 aromatic rings. The summed E-state index contributed by atoms with van der Waals surface area (Å²) in [6, 6.07) is 9.06. The van der Waals surface area contributed by atoms with E-state index in [1.165, 1.54) is 17.4 Å². The first-order valence-electron chi connectivity index (χ1n) is 13.1. The fourth-order valence-electron chi connectivity index (χ4n) is 7.10. The second-order valence-electron chi connectivity index (χ2n) is 11.1.